The van der Waals surface area contributed by atoms with Gasteiger partial charge in [0.05, 0.1) is 36.7 Å². The van der Waals surface area contributed by atoms with Gasteiger partial charge in [-0.1, -0.05) is 44.1 Å². The summed E-state index contributed by atoms with van der Waals surface area (Å²) < 4.78 is 58.4. The number of carboxylic acid groups (broad SMARTS) is 1. The smallest absolute Gasteiger partial charge is 0.305 e. The van der Waals surface area contributed by atoms with Crippen LogP contribution in [0.4, 0.5) is 10.1 Å². The number of aromatic hydroxyl groups is 1. The average molecular weight is 580 g/mol. The molecule has 5 N–H and O–H groups in total. The highest BCUT2D eigenvalue weighted by molar-refractivity contribution is 6.12. The highest BCUT2D eigenvalue weighted by Crippen LogP contribution is 2.42. The molecular weight excluding hydrogens is 539 g/mol. The van der Waals surface area contributed by atoms with Crippen LogP contribution in [0.5, 0.6) is 5.75 Å². The molecule has 4 rings (SSSR count). The number of nitrogens with one attached hydrogen (secondary N) is 1. The van der Waals surface area contributed by atoms with E-state index in [-0.39, 0.29) is 47.5 Å². The number of hydrogen-bond acceptors (Lipinski definition) is 5. The van der Waals surface area contributed by atoms with Crippen molar-refractivity contribution in [2.24, 2.45) is 0 Å². The van der Waals surface area contributed by atoms with Gasteiger partial charge in [0, 0.05) is 23.5 Å². The fourth-order valence-corrected chi connectivity index (χ4v) is 4.96. The van der Waals surface area contributed by atoms with E-state index in [2.05, 4.69) is 5.32 Å². The van der Waals surface area contributed by atoms with Gasteiger partial charge in [0.15, 0.2) is 0 Å². The van der Waals surface area contributed by atoms with E-state index in [1.807, 2.05) is 0 Å². The maximum absolute atomic E-state index is 14.3. The van der Waals surface area contributed by atoms with Crippen LogP contribution in [-0.2, 0) is 11.3 Å². The first kappa shape index (κ1) is 24.2. The molecule has 0 spiro atoms. The van der Waals surface area contributed by atoms with E-state index in [9.17, 15) is 29.3 Å². The van der Waals surface area contributed by atoms with Crippen LogP contribution in [0.15, 0.2) is 78.7 Å². The zero-order valence-corrected chi connectivity index (χ0v) is 23.1. The second kappa shape index (κ2) is 13.5. The molecule has 3 aromatic carbocycles. The summed E-state index contributed by atoms with van der Waals surface area (Å²) in [6, 6.07) is 7.86. The Morgan fingerprint density at radius 3 is 2.19 bits per heavy atom. The number of carboxylic acids is 1. The number of aliphatic carboxylic acids is 1. The zero-order chi connectivity index (χ0) is 34.7. The number of amides is 1. The van der Waals surface area contributed by atoms with E-state index in [4.69, 9.17) is 12.0 Å². The summed E-state index contributed by atoms with van der Waals surface area (Å²) in [5.74, 6) is -2.96. The molecule has 0 aliphatic heterocycles. The second-order valence-electron chi connectivity index (χ2n) is 10.2. The number of carbonyl (C=O) groups excluding carboxylic acids is 1. The lowest BCUT2D eigenvalue weighted by molar-refractivity contribution is -0.139. The Balaban J connectivity index is 2.05. The van der Waals surface area contributed by atoms with Crippen LogP contribution in [0.1, 0.15) is 61.9 Å². The van der Waals surface area contributed by atoms with Crippen molar-refractivity contribution < 1.29 is 41.3 Å². The standard InChI is InChI=1S/C33H35FN2O6/c1-20(2)31-30(33(42)35-24-12-14-25(37)15-13-24)29(21-6-4-3-5-7-21)32(22-8-10-23(34)11-9-22)36(31)17-16-26(38)18-27(39)19-28(40)41/h3-15,20,26-27,37-39H,16-19H2,1-2H3,(H,35,42)(H,40,41)/t26-,27-/m0/s1/i3D,4D,5D,6D,7D. The summed E-state index contributed by atoms with van der Waals surface area (Å²) in [6.07, 6.45) is -3.34. The number of phenolic OH excluding ortho intramolecular Hbond substituents is 1. The average Bonchev–Trinajstić information content (AvgIpc) is 3.34. The molecule has 1 amide bonds. The number of hydrogen-bond donors (Lipinski definition) is 5. The monoisotopic (exact) mass is 579 g/mol. The van der Waals surface area contributed by atoms with Gasteiger partial charge in [-0.3, -0.25) is 9.59 Å². The largest absolute Gasteiger partial charge is 0.508 e. The molecule has 0 unspecified atom stereocenters. The number of anilines is 1. The topological polar surface area (TPSA) is 132 Å². The molecule has 8 nitrogen and oxygen atoms in total. The van der Waals surface area contributed by atoms with Gasteiger partial charge >= 0.3 is 5.97 Å². The van der Waals surface area contributed by atoms with Crippen molar-refractivity contribution in [3.8, 4) is 28.1 Å². The van der Waals surface area contributed by atoms with E-state index < -0.39 is 72.5 Å². The van der Waals surface area contributed by atoms with Crippen LogP contribution in [-0.4, -0.2) is 49.1 Å². The molecule has 0 fully saturated rings. The third-order valence-electron chi connectivity index (χ3n) is 6.71. The minimum absolute atomic E-state index is 0.00557. The van der Waals surface area contributed by atoms with Gasteiger partial charge < -0.3 is 30.3 Å². The van der Waals surface area contributed by atoms with Gasteiger partial charge in [-0.25, -0.2) is 4.39 Å². The summed E-state index contributed by atoms with van der Waals surface area (Å²) in [5, 5.41) is 42.4. The van der Waals surface area contributed by atoms with Gasteiger partial charge in [-0.2, -0.15) is 0 Å². The number of aliphatic hydroxyl groups excluding tert-OH is 2. The quantitative estimate of drug-likeness (QED) is 0.130. The van der Waals surface area contributed by atoms with Crippen molar-refractivity contribution in [3.63, 3.8) is 0 Å². The first-order chi connectivity index (χ1) is 22.1. The summed E-state index contributed by atoms with van der Waals surface area (Å²) in [4.78, 5) is 25.3. The fraction of sp³-hybridized carbons (Fsp3) is 0.273. The molecule has 1 aromatic heterocycles. The Morgan fingerprint density at radius 2 is 1.60 bits per heavy atom. The molecule has 42 heavy (non-hydrogen) atoms. The molecule has 0 bridgehead atoms. The molecule has 4 aromatic rings. The zero-order valence-electron chi connectivity index (χ0n) is 28.1. The van der Waals surface area contributed by atoms with Crippen LogP contribution >= 0.6 is 0 Å². The summed E-state index contributed by atoms with van der Waals surface area (Å²) in [6.45, 7) is 3.56. The highest BCUT2D eigenvalue weighted by Gasteiger charge is 2.31. The highest BCUT2D eigenvalue weighted by atomic mass is 19.1. The molecule has 1 heterocycles. The Labute approximate surface area is 250 Å². The van der Waals surface area contributed by atoms with Gasteiger partial charge in [0.2, 0.25) is 0 Å². The minimum atomic E-state index is -1.32. The fourth-order valence-electron chi connectivity index (χ4n) is 4.96. The Hall–Kier alpha value is -4.47. The molecule has 0 radical (unpaired) electrons. The number of aromatic nitrogens is 1. The van der Waals surface area contributed by atoms with Crippen molar-refractivity contribution in [1.82, 2.24) is 4.57 Å². The molecule has 9 heteroatoms. The Bertz CT molecular complexity index is 1770. The molecule has 220 valence electrons. The SMILES string of the molecule is [2H]c1c([2H])c([2H])c(-c2c(C(=O)Nc3ccc(O)cc3)c(C(C)C)n(CC[C@H](O)C[C@H](O)CC(=O)O)c2-c2ccc(F)cc2)c([2H])c1[2H]. The van der Waals surface area contributed by atoms with Crippen LogP contribution in [0.3, 0.4) is 0 Å². The summed E-state index contributed by atoms with van der Waals surface area (Å²) in [7, 11) is 0. The van der Waals surface area contributed by atoms with E-state index in [0.717, 1.165) is 0 Å². The van der Waals surface area contributed by atoms with Crippen molar-refractivity contribution in [1.29, 1.82) is 0 Å². The lowest BCUT2D eigenvalue weighted by atomic mass is 9.94. The normalized spacial score (nSPS) is 14.4. The minimum Gasteiger partial charge on any atom is -0.508 e. The summed E-state index contributed by atoms with van der Waals surface area (Å²) >= 11 is 0. The number of aliphatic hydroxyl groups is 2. The lowest BCUT2D eigenvalue weighted by Crippen LogP contribution is -2.22. The van der Waals surface area contributed by atoms with Gasteiger partial charge in [-0.05, 0) is 78.4 Å². The first-order valence-corrected chi connectivity index (χ1v) is 13.4. The number of rotatable bonds is 12. The predicted molar refractivity (Wildman–Crippen MR) is 159 cm³/mol. The number of nitrogens with zero attached hydrogens (tertiary/aromatic N) is 1. The number of phenols is 1. The molecule has 0 aliphatic carbocycles. The van der Waals surface area contributed by atoms with E-state index in [1.54, 1.807) is 18.4 Å². The van der Waals surface area contributed by atoms with Crippen molar-refractivity contribution in [2.45, 2.75) is 57.8 Å². The molecule has 0 saturated carbocycles. The van der Waals surface area contributed by atoms with Crippen molar-refractivity contribution in [2.75, 3.05) is 5.32 Å². The Morgan fingerprint density at radius 1 is 0.952 bits per heavy atom. The number of halogens is 1. The number of carbonyl (C=O) groups is 2. The third-order valence-corrected chi connectivity index (χ3v) is 6.71. The lowest BCUT2D eigenvalue weighted by Gasteiger charge is -2.20. The van der Waals surface area contributed by atoms with E-state index >= 15 is 0 Å². The van der Waals surface area contributed by atoms with Crippen LogP contribution in [0.2, 0.25) is 0 Å². The molecule has 2 atom stereocenters. The maximum Gasteiger partial charge on any atom is 0.305 e. The van der Waals surface area contributed by atoms with Gasteiger partial charge in [0.1, 0.15) is 11.6 Å². The predicted octanol–water partition coefficient (Wildman–Crippen LogP) is 6.02. The van der Waals surface area contributed by atoms with Gasteiger partial charge in [-0.15, -0.1) is 0 Å². The number of benzene rings is 3. The van der Waals surface area contributed by atoms with Crippen LogP contribution in [0.25, 0.3) is 22.4 Å². The van der Waals surface area contributed by atoms with Crippen LogP contribution < -0.4 is 5.32 Å². The molecule has 0 aliphatic rings. The van der Waals surface area contributed by atoms with Crippen molar-refractivity contribution >= 4 is 17.6 Å². The van der Waals surface area contributed by atoms with E-state index in [1.165, 1.54) is 48.5 Å². The Kier molecular flexibility index (Phi) is 7.74. The van der Waals surface area contributed by atoms with Gasteiger partial charge in [0.25, 0.3) is 5.91 Å². The maximum atomic E-state index is 14.3. The molecule has 0 saturated heterocycles. The van der Waals surface area contributed by atoms with Crippen LogP contribution in [0, 0.1) is 5.82 Å². The second-order valence-corrected chi connectivity index (χ2v) is 10.2. The van der Waals surface area contributed by atoms with Crippen molar-refractivity contribution in [3.05, 3.63) is 95.8 Å². The molecular formula is C33H35FN2O6. The first-order valence-electron chi connectivity index (χ1n) is 15.9. The van der Waals surface area contributed by atoms with E-state index in [0.29, 0.717) is 16.9 Å². The summed E-state index contributed by atoms with van der Waals surface area (Å²) in [5.41, 5.74) is 0.958. The third kappa shape index (κ3) is 7.23.